The third kappa shape index (κ3) is 3.69. The first-order valence-electron chi connectivity index (χ1n) is 4.50. The van der Waals surface area contributed by atoms with Gasteiger partial charge in [-0.25, -0.2) is 9.18 Å². The first-order chi connectivity index (χ1) is 8.22. The molecule has 0 heterocycles. The number of hydrogen-bond donors (Lipinski definition) is 1. The summed E-state index contributed by atoms with van der Waals surface area (Å²) < 4.78 is 48.5. The molecule has 0 aliphatic rings. The monoisotopic (exact) mass is 283 g/mol. The standard InChI is InChI=1S/C10H6ClF4NO2/c11-8-5(3-16-4-10(13,14)15)1-2-6(12)7(8)9(17)18/h1-2,4H,3H2,(H,17,18). The van der Waals surface area contributed by atoms with Gasteiger partial charge in [0.15, 0.2) is 0 Å². The Hall–Kier alpha value is -1.63. The molecule has 1 N–H and O–H groups in total. The third-order valence-corrected chi connectivity index (χ3v) is 2.32. The molecule has 98 valence electrons. The van der Waals surface area contributed by atoms with Crippen molar-refractivity contribution in [2.24, 2.45) is 4.99 Å². The van der Waals surface area contributed by atoms with E-state index in [1.165, 1.54) is 0 Å². The highest BCUT2D eigenvalue weighted by Crippen LogP contribution is 2.25. The van der Waals surface area contributed by atoms with Gasteiger partial charge in [-0.1, -0.05) is 17.7 Å². The topological polar surface area (TPSA) is 49.7 Å². The largest absolute Gasteiger partial charge is 0.478 e. The van der Waals surface area contributed by atoms with E-state index < -0.39 is 35.1 Å². The van der Waals surface area contributed by atoms with Gasteiger partial charge in [-0.3, -0.25) is 4.99 Å². The van der Waals surface area contributed by atoms with Gasteiger partial charge in [0.05, 0.1) is 11.6 Å². The van der Waals surface area contributed by atoms with E-state index in [2.05, 4.69) is 4.99 Å². The first-order valence-corrected chi connectivity index (χ1v) is 4.88. The smallest absolute Gasteiger partial charge is 0.426 e. The van der Waals surface area contributed by atoms with Crippen molar-refractivity contribution in [3.63, 3.8) is 0 Å². The second-order valence-electron chi connectivity index (χ2n) is 3.21. The Morgan fingerprint density at radius 1 is 1.44 bits per heavy atom. The molecule has 18 heavy (non-hydrogen) atoms. The molecule has 0 aliphatic heterocycles. The normalized spacial score (nSPS) is 12.1. The predicted octanol–water partition coefficient (Wildman–Crippen LogP) is 3.31. The lowest BCUT2D eigenvalue weighted by atomic mass is 10.1. The number of rotatable bonds is 3. The van der Waals surface area contributed by atoms with Crippen molar-refractivity contribution in [1.82, 2.24) is 0 Å². The van der Waals surface area contributed by atoms with Crippen LogP contribution in [0.15, 0.2) is 17.1 Å². The van der Waals surface area contributed by atoms with Crippen molar-refractivity contribution in [2.45, 2.75) is 12.7 Å². The lowest BCUT2D eigenvalue weighted by molar-refractivity contribution is -0.0537. The van der Waals surface area contributed by atoms with Crippen molar-refractivity contribution in [3.8, 4) is 0 Å². The van der Waals surface area contributed by atoms with E-state index in [0.29, 0.717) is 0 Å². The summed E-state index contributed by atoms with van der Waals surface area (Å²) in [4.78, 5) is 13.7. The van der Waals surface area contributed by atoms with Crippen molar-refractivity contribution >= 4 is 23.8 Å². The molecule has 0 saturated heterocycles. The van der Waals surface area contributed by atoms with E-state index in [0.717, 1.165) is 12.1 Å². The molecule has 0 aromatic heterocycles. The molecule has 0 radical (unpaired) electrons. The number of halogens is 5. The second-order valence-corrected chi connectivity index (χ2v) is 3.59. The molecule has 0 spiro atoms. The fourth-order valence-electron chi connectivity index (χ4n) is 1.16. The molecular weight excluding hydrogens is 278 g/mol. The number of aromatic carboxylic acids is 1. The fraction of sp³-hybridized carbons (Fsp3) is 0.200. The minimum atomic E-state index is -4.57. The zero-order chi connectivity index (χ0) is 13.9. The quantitative estimate of drug-likeness (QED) is 0.683. The number of alkyl halides is 3. The molecule has 0 amide bonds. The average molecular weight is 284 g/mol. The van der Waals surface area contributed by atoms with Gasteiger partial charge in [-0.2, -0.15) is 13.2 Å². The Morgan fingerprint density at radius 2 is 2.06 bits per heavy atom. The van der Waals surface area contributed by atoms with Gasteiger partial charge in [0.1, 0.15) is 17.6 Å². The van der Waals surface area contributed by atoms with Gasteiger partial charge in [-0.05, 0) is 11.6 Å². The van der Waals surface area contributed by atoms with Gasteiger partial charge < -0.3 is 5.11 Å². The van der Waals surface area contributed by atoms with E-state index in [9.17, 15) is 22.4 Å². The lowest BCUT2D eigenvalue weighted by Gasteiger charge is -2.06. The summed E-state index contributed by atoms with van der Waals surface area (Å²) >= 11 is 5.58. The molecule has 0 unspecified atom stereocenters. The van der Waals surface area contributed by atoms with E-state index >= 15 is 0 Å². The van der Waals surface area contributed by atoms with Crippen molar-refractivity contribution < 1.29 is 27.5 Å². The molecule has 3 nitrogen and oxygen atoms in total. The van der Waals surface area contributed by atoms with Crippen LogP contribution in [-0.4, -0.2) is 23.5 Å². The maximum atomic E-state index is 13.1. The summed E-state index contributed by atoms with van der Waals surface area (Å²) in [5.74, 6) is -2.66. The minimum Gasteiger partial charge on any atom is -0.478 e. The number of carbonyl (C=O) groups is 1. The molecule has 0 saturated carbocycles. The van der Waals surface area contributed by atoms with Crippen LogP contribution in [0.4, 0.5) is 17.6 Å². The molecule has 0 fully saturated rings. The summed E-state index contributed by atoms with van der Waals surface area (Å²) in [5.41, 5.74) is -0.785. The lowest BCUT2D eigenvalue weighted by Crippen LogP contribution is -2.09. The van der Waals surface area contributed by atoms with Crippen LogP contribution in [0.1, 0.15) is 15.9 Å². The van der Waals surface area contributed by atoms with Crippen LogP contribution in [-0.2, 0) is 6.54 Å². The number of hydrogen-bond acceptors (Lipinski definition) is 2. The number of carboxylic acids is 1. The van der Waals surface area contributed by atoms with E-state index in [-0.39, 0.29) is 11.8 Å². The molecule has 1 aromatic rings. The van der Waals surface area contributed by atoms with Crippen LogP contribution < -0.4 is 0 Å². The van der Waals surface area contributed by atoms with Crippen molar-refractivity contribution in [1.29, 1.82) is 0 Å². The van der Waals surface area contributed by atoms with Crippen LogP contribution in [0.2, 0.25) is 5.02 Å². The Bertz CT molecular complexity index is 499. The van der Waals surface area contributed by atoms with Crippen LogP contribution in [0.25, 0.3) is 0 Å². The van der Waals surface area contributed by atoms with Gasteiger partial charge >= 0.3 is 12.1 Å². The van der Waals surface area contributed by atoms with Crippen LogP contribution >= 0.6 is 11.6 Å². The molecule has 1 rings (SSSR count). The van der Waals surface area contributed by atoms with Gasteiger partial charge in [0.25, 0.3) is 0 Å². The highest BCUT2D eigenvalue weighted by atomic mass is 35.5. The molecule has 0 atom stereocenters. The summed E-state index contributed by atoms with van der Waals surface area (Å²) in [6.07, 6.45) is -4.81. The SMILES string of the molecule is O=C(O)c1c(F)ccc(CN=CC(F)(F)F)c1Cl. The highest BCUT2D eigenvalue weighted by Gasteiger charge is 2.23. The van der Waals surface area contributed by atoms with Gasteiger partial charge in [0, 0.05) is 0 Å². The Morgan fingerprint density at radius 3 is 2.56 bits per heavy atom. The van der Waals surface area contributed by atoms with E-state index in [1.54, 1.807) is 0 Å². The number of aliphatic imine (C=N–C) groups is 1. The predicted molar refractivity (Wildman–Crippen MR) is 56.6 cm³/mol. The average Bonchev–Trinajstić information content (AvgIpc) is 2.19. The highest BCUT2D eigenvalue weighted by molar-refractivity contribution is 6.34. The Balaban J connectivity index is 3.02. The summed E-state index contributed by atoms with van der Waals surface area (Å²) in [6.45, 7) is -0.487. The van der Waals surface area contributed by atoms with Gasteiger partial charge in [0.2, 0.25) is 0 Å². The maximum absolute atomic E-state index is 13.1. The second kappa shape index (κ2) is 5.34. The molecule has 8 heteroatoms. The van der Waals surface area contributed by atoms with Gasteiger partial charge in [-0.15, -0.1) is 0 Å². The zero-order valence-corrected chi connectivity index (χ0v) is 9.39. The number of nitrogens with zero attached hydrogens (tertiary/aromatic N) is 1. The van der Waals surface area contributed by atoms with Crippen LogP contribution in [0.3, 0.4) is 0 Å². The number of carboxylic acid groups (broad SMARTS) is 1. The maximum Gasteiger partial charge on any atom is 0.426 e. The molecule has 0 aliphatic carbocycles. The summed E-state index contributed by atoms with van der Waals surface area (Å²) in [5, 5.41) is 8.23. The van der Waals surface area contributed by atoms with E-state index in [1.807, 2.05) is 0 Å². The van der Waals surface area contributed by atoms with Crippen LogP contribution in [0, 0.1) is 5.82 Å². The van der Waals surface area contributed by atoms with Crippen molar-refractivity contribution in [2.75, 3.05) is 0 Å². The van der Waals surface area contributed by atoms with E-state index in [4.69, 9.17) is 16.7 Å². The van der Waals surface area contributed by atoms with Crippen molar-refractivity contribution in [3.05, 3.63) is 34.1 Å². The summed E-state index contributed by atoms with van der Waals surface area (Å²) in [7, 11) is 0. The molecule has 0 bridgehead atoms. The molecular formula is C10H6ClF4NO2. The Kier molecular flexibility index (Phi) is 4.28. The fourth-order valence-corrected chi connectivity index (χ4v) is 1.46. The Labute approximate surface area is 104 Å². The zero-order valence-electron chi connectivity index (χ0n) is 8.63. The first kappa shape index (κ1) is 14.4. The minimum absolute atomic E-state index is 0.00373. The number of benzene rings is 1. The molecule has 1 aromatic carbocycles. The van der Waals surface area contributed by atoms with Crippen LogP contribution in [0.5, 0.6) is 0 Å². The summed E-state index contributed by atoms with van der Waals surface area (Å²) in [6, 6.07) is 1.89. The third-order valence-electron chi connectivity index (χ3n) is 1.88.